The minimum atomic E-state index is -0.681. The smallest absolute Gasteiger partial charge is 0.216 e. The first-order valence-corrected chi connectivity index (χ1v) is 5.17. The lowest BCUT2D eigenvalue weighted by molar-refractivity contribution is -0.119. The zero-order valence-corrected chi connectivity index (χ0v) is 9.03. The molecular weight excluding hydrogens is 204 g/mol. The fraction of sp³-hybridized carbons (Fsp3) is 0.250. The fourth-order valence-corrected chi connectivity index (χ4v) is 1.72. The molecular formula is C12H14N2O2. The summed E-state index contributed by atoms with van der Waals surface area (Å²) in [7, 11) is 0. The topological polar surface area (TPSA) is 65.1 Å². The largest absolute Gasteiger partial charge is 0.386 e. The van der Waals surface area contributed by atoms with Crippen LogP contribution in [0, 0.1) is 0 Å². The Labute approximate surface area is 93.3 Å². The van der Waals surface area contributed by atoms with E-state index >= 15 is 0 Å². The second-order valence-electron chi connectivity index (χ2n) is 3.74. The molecule has 0 bridgehead atoms. The molecule has 1 atom stereocenters. The van der Waals surface area contributed by atoms with Gasteiger partial charge in [-0.1, -0.05) is 18.2 Å². The zero-order chi connectivity index (χ0) is 11.5. The van der Waals surface area contributed by atoms with Crippen LogP contribution in [0.1, 0.15) is 18.6 Å². The van der Waals surface area contributed by atoms with E-state index in [-0.39, 0.29) is 12.5 Å². The van der Waals surface area contributed by atoms with Crippen molar-refractivity contribution in [1.82, 2.24) is 10.3 Å². The average molecular weight is 218 g/mol. The van der Waals surface area contributed by atoms with Crippen LogP contribution in [0.3, 0.4) is 0 Å². The minimum absolute atomic E-state index is 0.140. The van der Waals surface area contributed by atoms with Crippen molar-refractivity contribution < 1.29 is 9.90 Å². The molecule has 0 aliphatic carbocycles. The van der Waals surface area contributed by atoms with Crippen molar-refractivity contribution in [2.45, 2.75) is 13.0 Å². The highest BCUT2D eigenvalue weighted by molar-refractivity contribution is 5.83. The number of para-hydroxylation sites is 1. The van der Waals surface area contributed by atoms with E-state index in [9.17, 15) is 9.90 Å². The molecule has 2 rings (SSSR count). The first-order chi connectivity index (χ1) is 7.68. The molecule has 16 heavy (non-hydrogen) atoms. The zero-order valence-electron chi connectivity index (χ0n) is 9.03. The highest BCUT2D eigenvalue weighted by Gasteiger charge is 2.12. The summed E-state index contributed by atoms with van der Waals surface area (Å²) in [4.78, 5) is 13.8. The molecule has 1 aromatic carbocycles. The number of fused-ring (bicyclic) bond motifs is 1. The lowest BCUT2D eigenvalue weighted by atomic mass is 10.1. The number of aromatic nitrogens is 1. The van der Waals surface area contributed by atoms with Crippen LogP contribution in [0.25, 0.3) is 10.9 Å². The highest BCUT2D eigenvalue weighted by Crippen LogP contribution is 2.23. The normalized spacial score (nSPS) is 12.6. The second kappa shape index (κ2) is 4.37. The molecule has 3 N–H and O–H groups in total. The number of hydrogen-bond acceptors (Lipinski definition) is 2. The number of benzene rings is 1. The van der Waals surface area contributed by atoms with Gasteiger partial charge in [0.1, 0.15) is 0 Å². The maximum atomic E-state index is 10.8. The maximum Gasteiger partial charge on any atom is 0.216 e. The van der Waals surface area contributed by atoms with E-state index in [4.69, 9.17) is 0 Å². The van der Waals surface area contributed by atoms with Crippen molar-refractivity contribution in [3.8, 4) is 0 Å². The minimum Gasteiger partial charge on any atom is -0.386 e. The van der Waals surface area contributed by atoms with Gasteiger partial charge in [-0.25, -0.2) is 0 Å². The molecule has 1 heterocycles. The van der Waals surface area contributed by atoms with Crippen LogP contribution in [0.15, 0.2) is 30.5 Å². The lowest BCUT2D eigenvalue weighted by Crippen LogP contribution is -2.25. The number of aromatic amines is 1. The quantitative estimate of drug-likeness (QED) is 0.727. The summed E-state index contributed by atoms with van der Waals surface area (Å²) in [6.07, 6.45) is 1.09. The van der Waals surface area contributed by atoms with Crippen LogP contribution in [-0.2, 0) is 4.79 Å². The van der Waals surface area contributed by atoms with E-state index < -0.39 is 6.10 Å². The van der Waals surface area contributed by atoms with Crippen LogP contribution in [0.2, 0.25) is 0 Å². The van der Waals surface area contributed by atoms with Gasteiger partial charge in [0.2, 0.25) is 5.91 Å². The van der Waals surface area contributed by atoms with Crippen LogP contribution in [0.4, 0.5) is 0 Å². The second-order valence-corrected chi connectivity index (χ2v) is 3.74. The number of hydrogen-bond donors (Lipinski definition) is 3. The number of H-pyrrole nitrogens is 1. The van der Waals surface area contributed by atoms with Gasteiger partial charge in [0, 0.05) is 36.1 Å². The number of rotatable bonds is 3. The molecule has 84 valence electrons. The Hall–Kier alpha value is -1.81. The first-order valence-electron chi connectivity index (χ1n) is 5.17. The monoisotopic (exact) mass is 218 g/mol. The van der Waals surface area contributed by atoms with E-state index in [1.54, 1.807) is 6.20 Å². The van der Waals surface area contributed by atoms with E-state index in [0.717, 1.165) is 16.5 Å². The van der Waals surface area contributed by atoms with Crippen molar-refractivity contribution in [3.63, 3.8) is 0 Å². The van der Waals surface area contributed by atoms with Gasteiger partial charge in [0.05, 0.1) is 6.10 Å². The van der Waals surface area contributed by atoms with Gasteiger partial charge in [0.15, 0.2) is 0 Å². The fourth-order valence-electron chi connectivity index (χ4n) is 1.72. The molecule has 0 fully saturated rings. The molecule has 2 aromatic rings. The van der Waals surface area contributed by atoms with Crippen molar-refractivity contribution in [2.75, 3.05) is 6.54 Å². The molecule has 1 aromatic heterocycles. The van der Waals surface area contributed by atoms with Crippen molar-refractivity contribution >= 4 is 16.8 Å². The van der Waals surface area contributed by atoms with Gasteiger partial charge in [-0.2, -0.15) is 0 Å². The Morgan fingerprint density at radius 1 is 1.50 bits per heavy atom. The Morgan fingerprint density at radius 3 is 3.00 bits per heavy atom. The Bertz CT molecular complexity index is 504. The third-order valence-corrected chi connectivity index (χ3v) is 2.52. The molecule has 4 nitrogen and oxygen atoms in total. The first kappa shape index (κ1) is 10.7. The summed E-state index contributed by atoms with van der Waals surface area (Å²) >= 11 is 0. The summed E-state index contributed by atoms with van der Waals surface area (Å²) < 4.78 is 0. The molecule has 1 unspecified atom stereocenters. The standard InChI is InChI=1S/C12H14N2O2/c1-8(15)13-7-12(16)10-6-14-11-5-3-2-4-9(10)11/h2-6,12,14,16H,7H2,1H3,(H,13,15). The van der Waals surface area contributed by atoms with Crippen LogP contribution in [-0.4, -0.2) is 22.5 Å². The van der Waals surface area contributed by atoms with Gasteiger partial charge in [-0.05, 0) is 6.07 Å². The van der Waals surface area contributed by atoms with E-state index in [0.29, 0.717) is 0 Å². The van der Waals surface area contributed by atoms with Gasteiger partial charge >= 0.3 is 0 Å². The van der Waals surface area contributed by atoms with E-state index in [1.165, 1.54) is 6.92 Å². The van der Waals surface area contributed by atoms with Crippen LogP contribution in [0.5, 0.6) is 0 Å². The predicted molar refractivity (Wildman–Crippen MR) is 61.9 cm³/mol. The molecule has 0 spiro atoms. The predicted octanol–water partition coefficient (Wildman–Crippen LogP) is 1.34. The van der Waals surface area contributed by atoms with Gasteiger partial charge in [-0.15, -0.1) is 0 Å². The summed E-state index contributed by atoms with van der Waals surface area (Å²) in [6, 6.07) is 7.75. The third-order valence-electron chi connectivity index (χ3n) is 2.52. The Kier molecular flexibility index (Phi) is 2.92. The maximum absolute atomic E-state index is 10.8. The molecule has 4 heteroatoms. The number of amides is 1. The van der Waals surface area contributed by atoms with Crippen molar-refractivity contribution in [1.29, 1.82) is 0 Å². The van der Waals surface area contributed by atoms with Crippen LogP contribution >= 0.6 is 0 Å². The lowest BCUT2D eigenvalue weighted by Gasteiger charge is -2.09. The number of aliphatic hydroxyl groups excluding tert-OH is 1. The van der Waals surface area contributed by atoms with E-state index in [1.807, 2.05) is 24.3 Å². The average Bonchev–Trinajstić information content (AvgIpc) is 2.69. The highest BCUT2D eigenvalue weighted by atomic mass is 16.3. The van der Waals surface area contributed by atoms with Gasteiger partial charge < -0.3 is 15.4 Å². The Morgan fingerprint density at radius 2 is 2.25 bits per heavy atom. The third kappa shape index (κ3) is 2.06. The number of nitrogens with one attached hydrogen (secondary N) is 2. The van der Waals surface area contributed by atoms with E-state index in [2.05, 4.69) is 10.3 Å². The summed E-state index contributed by atoms with van der Waals surface area (Å²) in [5, 5.41) is 13.5. The van der Waals surface area contributed by atoms with Crippen molar-refractivity contribution in [3.05, 3.63) is 36.0 Å². The molecule has 0 saturated carbocycles. The summed E-state index contributed by atoms with van der Waals surface area (Å²) in [5.41, 5.74) is 1.80. The Balaban J connectivity index is 2.22. The SMILES string of the molecule is CC(=O)NCC(O)c1c[nH]c2ccccc12. The number of carbonyl (C=O) groups excluding carboxylic acids is 1. The molecule has 0 aliphatic rings. The summed E-state index contributed by atoms with van der Waals surface area (Å²) in [6.45, 7) is 1.67. The van der Waals surface area contributed by atoms with Crippen LogP contribution < -0.4 is 5.32 Å². The van der Waals surface area contributed by atoms with Gasteiger partial charge in [0.25, 0.3) is 0 Å². The molecule has 1 amide bonds. The molecule has 0 saturated heterocycles. The summed E-state index contributed by atoms with van der Waals surface area (Å²) in [5.74, 6) is -0.140. The number of carbonyl (C=O) groups is 1. The number of aliphatic hydroxyl groups is 1. The molecule has 0 radical (unpaired) electrons. The van der Waals surface area contributed by atoms with Crippen molar-refractivity contribution in [2.24, 2.45) is 0 Å². The van der Waals surface area contributed by atoms with Gasteiger partial charge in [-0.3, -0.25) is 4.79 Å². The molecule has 0 aliphatic heterocycles.